The van der Waals surface area contributed by atoms with E-state index in [-0.39, 0.29) is 11.2 Å². The van der Waals surface area contributed by atoms with Crippen LogP contribution in [0.4, 0.5) is 4.39 Å². The number of aryl methyl sites for hydroxylation is 1. The summed E-state index contributed by atoms with van der Waals surface area (Å²) in [6.07, 6.45) is 2.06. The summed E-state index contributed by atoms with van der Waals surface area (Å²) >= 11 is 0. The Balaban J connectivity index is 2.58. The summed E-state index contributed by atoms with van der Waals surface area (Å²) in [5.74, 6) is 0.0794. The van der Waals surface area contributed by atoms with E-state index < -0.39 is 0 Å². The van der Waals surface area contributed by atoms with Gasteiger partial charge < -0.3 is 10.5 Å². The lowest BCUT2D eigenvalue weighted by molar-refractivity contribution is 0.375. The van der Waals surface area contributed by atoms with Crippen LogP contribution in [0.5, 0.6) is 5.75 Å². The molecule has 1 aliphatic rings. The normalized spacial score (nSPS) is 17.6. The first-order valence-electron chi connectivity index (χ1n) is 5.18. The standard InChI is InChI=1S/C12H16FNO/c1-8-3-4-9(13)11(15-2)10(8)12(7-14)5-6-12/h3-4H,5-7,14H2,1-2H3. The van der Waals surface area contributed by atoms with E-state index in [4.69, 9.17) is 10.5 Å². The van der Waals surface area contributed by atoms with Gasteiger partial charge in [0.2, 0.25) is 0 Å². The van der Waals surface area contributed by atoms with Crippen molar-refractivity contribution in [1.29, 1.82) is 0 Å². The van der Waals surface area contributed by atoms with Gasteiger partial charge in [-0.3, -0.25) is 0 Å². The van der Waals surface area contributed by atoms with Crippen LogP contribution in [0.25, 0.3) is 0 Å². The Morgan fingerprint density at radius 3 is 2.60 bits per heavy atom. The molecule has 0 radical (unpaired) electrons. The Morgan fingerprint density at radius 2 is 2.13 bits per heavy atom. The molecule has 1 saturated carbocycles. The highest BCUT2D eigenvalue weighted by Gasteiger charge is 2.46. The number of benzene rings is 1. The van der Waals surface area contributed by atoms with E-state index >= 15 is 0 Å². The summed E-state index contributed by atoms with van der Waals surface area (Å²) in [4.78, 5) is 0. The molecule has 0 aromatic heterocycles. The maximum Gasteiger partial charge on any atom is 0.165 e. The molecular weight excluding hydrogens is 193 g/mol. The van der Waals surface area contributed by atoms with Crippen molar-refractivity contribution in [2.45, 2.75) is 25.2 Å². The SMILES string of the molecule is COc1c(F)ccc(C)c1C1(CN)CC1. The molecule has 82 valence electrons. The summed E-state index contributed by atoms with van der Waals surface area (Å²) in [5.41, 5.74) is 7.77. The molecule has 2 nitrogen and oxygen atoms in total. The van der Waals surface area contributed by atoms with Gasteiger partial charge in [-0.1, -0.05) is 6.07 Å². The fourth-order valence-electron chi connectivity index (χ4n) is 2.22. The Kier molecular flexibility index (Phi) is 2.43. The number of methoxy groups -OCH3 is 1. The van der Waals surface area contributed by atoms with Crippen molar-refractivity contribution in [3.63, 3.8) is 0 Å². The second-order valence-electron chi connectivity index (χ2n) is 4.26. The topological polar surface area (TPSA) is 35.2 Å². The van der Waals surface area contributed by atoms with E-state index in [1.807, 2.05) is 6.92 Å². The molecule has 1 aromatic rings. The molecule has 0 saturated heterocycles. The molecule has 15 heavy (non-hydrogen) atoms. The maximum absolute atomic E-state index is 13.6. The van der Waals surface area contributed by atoms with Gasteiger partial charge in [0.15, 0.2) is 11.6 Å². The summed E-state index contributed by atoms with van der Waals surface area (Å²) in [7, 11) is 1.51. The monoisotopic (exact) mass is 209 g/mol. The van der Waals surface area contributed by atoms with Gasteiger partial charge in [0, 0.05) is 17.5 Å². The van der Waals surface area contributed by atoms with Crippen molar-refractivity contribution in [2.75, 3.05) is 13.7 Å². The lowest BCUT2D eigenvalue weighted by Gasteiger charge is -2.19. The molecule has 0 heterocycles. The highest BCUT2D eigenvalue weighted by atomic mass is 19.1. The lowest BCUT2D eigenvalue weighted by atomic mass is 9.91. The molecule has 1 aromatic carbocycles. The molecule has 1 fully saturated rings. The van der Waals surface area contributed by atoms with E-state index in [0.717, 1.165) is 24.0 Å². The minimum atomic E-state index is -0.294. The zero-order chi connectivity index (χ0) is 11.1. The highest BCUT2D eigenvalue weighted by Crippen LogP contribution is 2.52. The van der Waals surface area contributed by atoms with Crippen molar-refractivity contribution >= 4 is 0 Å². The number of nitrogens with two attached hydrogens (primary N) is 1. The predicted octanol–water partition coefficient (Wildman–Crippen LogP) is 2.13. The summed E-state index contributed by atoms with van der Waals surface area (Å²) in [6.45, 7) is 2.54. The minimum absolute atomic E-state index is 0.0302. The van der Waals surface area contributed by atoms with Crippen molar-refractivity contribution in [3.8, 4) is 5.75 Å². The zero-order valence-corrected chi connectivity index (χ0v) is 9.14. The lowest BCUT2D eigenvalue weighted by Crippen LogP contribution is -2.22. The van der Waals surface area contributed by atoms with Crippen molar-refractivity contribution in [2.24, 2.45) is 5.73 Å². The zero-order valence-electron chi connectivity index (χ0n) is 9.14. The molecule has 0 amide bonds. The van der Waals surface area contributed by atoms with Gasteiger partial charge in [-0.05, 0) is 31.4 Å². The first-order valence-corrected chi connectivity index (χ1v) is 5.18. The number of hydrogen-bond donors (Lipinski definition) is 1. The van der Waals surface area contributed by atoms with Crippen LogP contribution in [0.15, 0.2) is 12.1 Å². The molecule has 0 atom stereocenters. The van der Waals surface area contributed by atoms with Crippen LogP contribution in [0.2, 0.25) is 0 Å². The van der Waals surface area contributed by atoms with Crippen LogP contribution in [0.1, 0.15) is 24.0 Å². The molecule has 3 heteroatoms. The van der Waals surface area contributed by atoms with Gasteiger partial charge in [0.05, 0.1) is 7.11 Å². The fraction of sp³-hybridized carbons (Fsp3) is 0.500. The number of hydrogen-bond acceptors (Lipinski definition) is 2. The molecule has 0 unspecified atom stereocenters. The molecule has 2 N–H and O–H groups in total. The molecular formula is C12H16FNO. The van der Waals surface area contributed by atoms with Crippen molar-refractivity contribution < 1.29 is 9.13 Å². The van der Waals surface area contributed by atoms with Gasteiger partial charge in [0.25, 0.3) is 0 Å². The number of halogens is 1. The summed E-state index contributed by atoms with van der Waals surface area (Å²) < 4.78 is 18.7. The summed E-state index contributed by atoms with van der Waals surface area (Å²) in [6, 6.07) is 3.24. The highest BCUT2D eigenvalue weighted by molar-refractivity contribution is 5.49. The first-order chi connectivity index (χ1) is 7.14. The van der Waals surface area contributed by atoms with E-state index in [1.165, 1.54) is 13.2 Å². The van der Waals surface area contributed by atoms with Crippen LogP contribution in [0, 0.1) is 12.7 Å². The van der Waals surface area contributed by atoms with Crippen LogP contribution >= 0.6 is 0 Å². The van der Waals surface area contributed by atoms with Gasteiger partial charge in [-0.25, -0.2) is 4.39 Å². The Hall–Kier alpha value is -1.09. The second-order valence-corrected chi connectivity index (χ2v) is 4.26. The van der Waals surface area contributed by atoms with Crippen LogP contribution < -0.4 is 10.5 Å². The van der Waals surface area contributed by atoms with E-state index in [0.29, 0.717) is 12.3 Å². The van der Waals surface area contributed by atoms with Gasteiger partial charge >= 0.3 is 0 Å². The minimum Gasteiger partial charge on any atom is -0.493 e. The molecule has 0 spiro atoms. The van der Waals surface area contributed by atoms with E-state index in [1.54, 1.807) is 6.07 Å². The average molecular weight is 209 g/mol. The third-order valence-corrected chi connectivity index (χ3v) is 3.30. The van der Waals surface area contributed by atoms with Gasteiger partial charge in [-0.2, -0.15) is 0 Å². The molecule has 2 rings (SSSR count). The first kappa shape index (κ1) is 10.4. The Bertz CT molecular complexity index is 385. The largest absolute Gasteiger partial charge is 0.493 e. The van der Waals surface area contributed by atoms with E-state index in [9.17, 15) is 4.39 Å². The predicted molar refractivity (Wildman–Crippen MR) is 57.7 cm³/mol. The Morgan fingerprint density at radius 1 is 1.47 bits per heavy atom. The third kappa shape index (κ3) is 1.51. The van der Waals surface area contributed by atoms with Crippen LogP contribution in [-0.4, -0.2) is 13.7 Å². The van der Waals surface area contributed by atoms with Gasteiger partial charge in [0.1, 0.15) is 0 Å². The number of rotatable bonds is 3. The average Bonchev–Trinajstić information content (AvgIpc) is 3.01. The van der Waals surface area contributed by atoms with Crippen LogP contribution in [-0.2, 0) is 5.41 Å². The smallest absolute Gasteiger partial charge is 0.165 e. The maximum atomic E-state index is 13.6. The fourth-order valence-corrected chi connectivity index (χ4v) is 2.22. The van der Waals surface area contributed by atoms with Crippen molar-refractivity contribution in [3.05, 3.63) is 29.1 Å². The number of ether oxygens (including phenoxy) is 1. The molecule has 0 bridgehead atoms. The van der Waals surface area contributed by atoms with E-state index in [2.05, 4.69) is 0 Å². The van der Waals surface area contributed by atoms with Crippen molar-refractivity contribution in [1.82, 2.24) is 0 Å². The summed E-state index contributed by atoms with van der Waals surface area (Å²) in [5, 5.41) is 0. The van der Waals surface area contributed by atoms with Gasteiger partial charge in [-0.15, -0.1) is 0 Å². The molecule has 1 aliphatic carbocycles. The Labute approximate surface area is 89.2 Å². The molecule has 0 aliphatic heterocycles. The second kappa shape index (κ2) is 3.49. The quantitative estimate of drug-likeness (QED) is 0.827. The third-order valence-electron chi connectivity index (χ3n) is 3.30. The van der Waals surface area contributed by atoms with Crippen LogP contribution in [0.3, 0.4) is 0 Å².